The van der Waals surface area contributed by atoms with Gasteiger partial charge in [-0.2, -0.15) is 0 Å². The zero-order chi connectivity index (χ0) is 21.7. The van der Waals surface area contributed by atoms with Crippen molar-refractivity contribution in [1.82, 2.24) is 0 Å². The van der Waals surface area contributed by atoms with Crippen LogP contribution in [0.3, 0.4) is 0 Å². The van der Waals surface area contributed by atoms with Crippen LogP contribution in [0.15, 0.2) is 23.8 Å². The third kappa shape index (κ3) is 3.66. The van der Waals surface area contributed by atoms with Gasteiger partial charge in [0.1, 0.15) is 0 Å². The highest BCUT2D eigenvalue weighted by atomic mass is 16.3. The van der Waals surface area contributed by atoms with Crippen LogP contribution in [-0.4, -0.2) is 11.2 Å². The molecule has 9 atom stereocenters. The summed E-state index contributed by atoms with van der Waals surface area (Å²) >= 11 is 0. The Balaban J connectivity index is 1.52. The first kappa shape index (κ1) is 22.6. The molecule has 0 unspecified atom stereocenters. The van der Waals surface area contributed by atoms with E-state index in [2.05, 4.69) is 59.8 Å². The lowest BCUT2D eigenvalue weighted by atomic mass is 9.47. The Morgan fingerprint density at radius 1 is 1.03 bits per heavy atom. The fraction of sp³-hybridized carbons (Fsp3) is 0.862. The molecule has 0 saturated heterocycles. The van der Waals surface area contributed by atoms with Gasteiger partial charge in [0.2, 0.25) is 0 Å². The van der Waals surface area contributed by atoms with E-state index in [1.165, 1.54) is 44.9 Å². The van der Waals surface area contributed by atoms with Gasteiger partial charge >= 0.3 is 0 Å². The van der Waals surface area contributed by atoms with Crippen LogP contribution in [0.1, 0.15) is 99.3 Å². The first-order chi connectivity index (χ1) is 14.2. The molecule has 30 heavy (non-hydrogen) atoms. The summed E-state index contributed by atoms with van der Waals surface area (Å²) in [7, 11) is 0. The third-order valence-electron chi connectivity index (χ3n) is 10.8. The number of allylic oxidation sites excluding steroid dienone is 3. The second-order valence-electron chi connectivity index (χ2n) is 12.4. The number of aliphatic hydroxyl groups is 1. The molecule has 0 aromatic carbocycles. The maximum Gasteiger partial charge on any atom is 0.0577 e. The average molecular weight is 413 g/mol. The van der Waals surface area contributed by atoms with Gasteiger partial charge in [0, 0.05) is 0 Å². The Morgan fingerprint density at radius 3 is 2.50 bits per heavy atom. The predicted octanol–water partition coefficient (Wildman–Crippen LogP) is 7.80. The monoisotopic (exact) mass is 412 g/mol. The van der Waals surface area contributed by atoms with Crippen LogP contribution < -0.4 is 0 Å². The van der Waals surface area contributed by atoms with Crippen molar-refractivity contribution >= 4 is 0 Å². The fourth-order valence-electron chi connectivity index (χ4n) is 8.83. The van der Waals surface area contributed by atoms with Crippen molar-refractivity contribution in [3.05, 3.63) is 23.8 Å². The highest BCUT2D eigenvalue weighted by Gasteiger charge is 2.58. The maximum absolute atomic E-state index is 10.2. The molecule has 0 amide bonds. The van der Waals surface area contributed by atoms with Crippen LogP contribution in [0, 0.1) is 52.3 Å². The first-order valence-electron chi connectivity index (χ1n) is 13.3. The molecule has 4 aliphatic rings. The average Bonchev–Trinajstić information content (AvgIpc) is 3.06. The second kappa shape index (κ2) is 8.42. The van der Waals surface area contributed by atoms with Crippen molar-refractivity contribution < 1.29 is 5.11 Å². The molecule has 4 aliphatic carbocycles. The van der Waals surface area contributed by atoms with E-state index in [-0.39, 0.29) is 6.10 Å². The van der Waals surface area contributed by atoms with E-state index in [4.69, 9.17) is 0 Å². The maximum atomic E-state index is 10.2. The van der Waals surface area contributed by atoms with E-state index in [0.717, 1.165) is 48.3 Å². The molecule has 0 aromatic rings. The van der Waals surface area contributed by atoms with Crippen molar-refractivity contribution in [2.45, 2.75) is 105 Å². The van der Waals surface area contributed by atoms with E-state index >= 15 is 0 Å². The zero-order valence-electron chi connectivity index (χ0n) is 20.7. The van der Waals surface area contributed by atoms with Crippen LogP contribution in [0.2, 0.25) is 0 Å². The van der Waals surface area contributed by atoms with Gasteiger partial charge in [-0.25, -0.2) is 0 Å². The number of aliphatic hydroxyl groups excluding tert-OH is 1. The van der Waals surface area contributed by atoms with Crippen molar-refractivity contribution in [3.8, 4) is 0 Å². The van der Waals surface area contributed by atoms with Crippen molar-refractivity contribution in [3.63, 3.8) is 0 Å². The SMILES string of the molecule is CC[C@H](/C=C/[C@H](C)[C@H]1CC[C@@H]2[C@@H]3CC=C4C[C@H](O)CC[C@]4(C)[C@H]3CC[C@@]21C)C(C)C. The van der Waals surface area contributed by atoms with Crippen molar-refractivity contribution in [1.29, 1.82) is 0 Å². The molecule has 1 heteroatoms. The lowest BCUT2D eigenvalue weighted by Gasteiger charge is -2.58. The molecular formula is C29H48O. The van der Waals surface area contributed by atoms with Gasteiger partial charge in [0.05, 0.1) is 6.10 Å². The lowest BCUT2D eigenvalue weighted by Crippen LogP contribution is -2.50. The molecule has 0 spiro atoms. The van der Waals surface area contributed by atoms with E-state index in [0.29, 0.717) is 16.7 Å². The minimum Gasteiger partial charge on any atom is -0.393 e. The largest absolute Gasteiger partial charge is 0.393 e. The number of hydrogen-bond acceptors (Lipinski definition) is 1. The van der Waals surface area contributed by atoms with E-state index < -0.39 is 0 Å². The smallest absolute Gasteiger partial charge is 0.0577 e. The highest BCUT2D eigenvalue weighted by molar-refractivity contribution is 5.25. The summed E-state index contributed by atoms with van der Waals surface area (Å²) in [5, 5.41) is 10.2. The normalized spacial score (nSPS) is 45.6. The van der Waals surface area contributed by atoms with E-state index in [1.54, 1.807) is 5.57 Å². The molecular weight excluding hydrogens is 364 g/mol. The molecule has 0 radical (unpaired) electrons. The van der Waals surface area contributed by atoms with E-state index in [9.17, 15) is 5.11 Å². The van der Waals surface area contributed by atoms with Crippen LogP contribution in [0.25, 0.3) is 0 Å². The molecule has 0 aliphatic heterocycles. The molecule has 0 bridgehead atoms. The van der Waals surface area contributed by atoms with Gasteiger partial charge < -0.3 is 5.11 Å². The second-order valence-corrected chi connectivity index (χ2v) is 12.4. The summed E-state index contributed by atoms with van der Waals surface area (Å²) < 4.78 is 0. The van der Waals surface area contributed by atoms with Crippen LogP contribution >= 0.6 is 0 Å². The van der Waals surface area contributed by atoms with Gasteiger partial charge in [-0.3, -0.25) is 0 Å². The number of rotatable bonds is 5. The van der Waals surface area contributed by atoms with Crippen molar-refractivity contribution in [2.24, 2.45) is 52.3 Å². The van der Waals surface area contributed by atoms with Gasteiger partial charge in [-0.05, 0) is 110 Å². The van der Waals surface area contributed by atoms with Crippen molar-refractivity contribution in [2.75, 3.05) is 0 Å². The Hall–Kier alpha value is -0.560. The Kier molecular flexibility index (Phi) is 6.35. The van der Waals surface area contributed by atoms with Crippen LogP contribution in [0.5, 0.6) is 0 Å². The van der Waals surface area contributed by atoms with E-state index in [1.807, 2.05) is 0 Å². The number of hydrogen-bond donors (Lipinski definition) is 1. The quantitative estimate of drug-likeness (QED) is 0.457. The van der Waals surface area contributed by atoms with Gasteiger partial charge in [0.15, 0.2) is 0 Å². The molecule has 0 aromatic heterocycles. The third-order valence-corrected chi connectivity index (χ3v) is 10.8. The Morgan fingerprint density at radius 2 is 1.80 bits per heavy atom. The summed E-state index contributed by atoms with van der Waals surface area (Å²) in [6.07, 6.45) is 19.1. The first-order valence-corrected chi connectivity index (χ1v) is 13.3. The standard InChI is InChI=1S/C29H48O/c1-7-21(19(2)3)9-8-20(4)25-12-13-26-24-11-10-22-18-23(30)14-16-28(22,5)27(24)15-17-29(25,26)6/h8-10,19-21,23-27,30H,7,11-18H2,1-6H3/b9-8+/t20-,21+,23+,24-,25+,26+,27-,28-,29+/m0/s1. The summed E-state index contributed by atoms with van der Waals surface area (Å²) in [5.41, 5.74) is 2.51. The summed E-state index contributed by atoms with van der Waals surface area (Å²) in [6.45, 7) is 14.8. The lowest BCUT2D eigenvalue weighted by molar-refractivity contribution is -0.0540. The number of fused-ring (bicyclic) bond motifs is 5. The summed E-state index contributed by atoms with van der Waals surface area (Å²) in [6, 6.07) is 0. The molecule has 4 rings (SSSR count). The predicted molar refractivity (Wildman–Crippen MR) is 128 cm³/mol. The Labute approximate surface area is 186 Å². The van der Waals surface area contributed by atoms with Gasteiger partial charge in [-0.15, -0.1) is 0 Å². The highest BCUT2D eigenvalue weighted by Crippen LogP contribution is 2.67. The Bertz CT molecular complexity index is 674. The summed E-state index contributed by atoms with van der Waals surface area (Å²) in [4.78, 5) is 0. The molecule has 0 heterocycles. The molecule has 1 nitrogen and oxygen atoms in total. The molecule has 1 N–H and O–H groups in total. The van der Waals surface area contributed by atoms with Gasteiger partial charge in [0.25, 0.3) is 0 Å². The zero-order valence-corrected chi connectivity index (χ0v) is 20.7. The summed E-state index contributed by atoms with van der Waals surface area (Å²) in [5.74, 6) is 5.70. The fourth-order valence-corrected chi connectivity index (χ4v) is 8.83. The van der Waals surface area contributed by atoms with Crippen LogP contribution in [0.4, 0.5) is 0 Å². The molecule has 3 fully saturated rings. The van der Waals surface area contributed by atoms with Crippen LogP contribution in [-0.2, 0) is 0 Å². The minimum absolute atomic E-state index is 0.0870. The van der Waals surface area contributed by atoms with Gasteiger partial charge in [-0.1, -0.05) is 65.3 Å². The minimum atomic E-state index is -0.0870. The topological polar surface area (TPSA) is 20.2 Å². The molecule has 170 valence electrons. The molecule has 3 saturated carbocycles.